The maximum atomic E-state index is 13.1. The normalized spacial score (nSPS) is 11.9. The molecular formula is C23H30N2O2S. The topological polar surface area (TPSA) is 49.4 Å². The summed E-state index contributed by atoms with van der Waals surface area (Å²) in [5, 5.41) is 2.96. The summed E-state index contributed by atoms with van der Waals surface area (Å²) in [6, 6.07) is 19.5. The maximum absolute atomic E-state index is 13.1. The molecule has 4 nitrogen and oxygen atoms in total. The molecule has 2 aromatic rings. The Hall–Kier alpha value is -2.27. The van der Waals surface area contributed by atoms with Crippen molar-refractivity contribution >= 4 is 23.6 Å². The molecule has 150 valence electrons. The lowest BCUT2D eigenvalue weighted by atomic mass is 10.1. The molecule has 0 heterocycles. The van der Waals surface area contributed by atoms with Gasteiger partial charge in [0.15, 0.2) is 0 Å². The van der Waals surface area contributed by atoms with Crippen LogP contribution in [0, 0.1) is 0 Å². The highest BCUT2D eigenvalue weighted by atomic mass is 32.2. The molecule has 0 bridgehead atoms. The second kappa shape index (κ2) is 11.5. The molecule has 0 saturated heterocycles. The molecule has 0 aromatic heterocycles. The highest BCUT2D eigenvalue weighted by molar-refractivity contribution is 7.99. The lowest BCUT2D eigenvalue weighted by Crippen LogP contribution is -2.50. The zero-order valence-electron chi connectivity index (χ0n) is 16.9. The summed E-state index contributed by atoms with van der Waals surface area (Å²) in [6.45, 7) is 6.26. The van der Waals surface area contributed by atoms with E-state index in [9.17, 15) is 9.59 Å². The molecule has 0 aliphatic carbocycles. The molecule has 5 heteroatoms. The van der Waals surface area contributed by atoms with Gasteiger partial charge in [0.2, 0.25) is 11.8 Å². The number of benzene rings is 2. The van der Waals surface area contributed by atoms with Crippen LogP contribution in [0.3, 0.4) is 0 Å². The number of nitrogens with zero attached hydrogens (tertiary/aromatic N) is 1. The van der Waals surface area contributed by atoms with Crippen LogP contribution in [-0.2, 0) is 21.9 Å². The SMILES string of the molecule is CC[C@H](C(=O)NC(C)C)N(Cc1ccccc1)C(=O)CSCc1ccccc1. The summed E-state index contributed by atoms with van der Waals surface area (Å²) in [5.74, 6) is 1.04. The van der Waals surface area contributed by atoms with Crippen molar-refractivity contribution in [3.63, 3.8) is 0 Å². The van der Waals surface area contributed by atoms with E-state index in [0.29, 0.717) is 18.7 Å². The van der Waals surface area contributed by atoms with E-state index >= 15 is 0 Å². The van der Waals surface area contributed by atoms with E-state index in [1.807, 2.05) is 69.3 Å². The third-order valence-electron chi connectivity index (χ3n) is 4.35. The Bertz CT molecular complexity index is 735. The number of rotatable bonds is 10. The summed E-state index contributed by atoms with van der Waals surface area (Å²) in [4.78, 5) is 27.5. The summed E-state index contributed by atoms with van der Waals surface area (Å²) in [5.41, 5.74) is 2.22. The van der Waals surface area contributed by atoms with Gasteiger partial charge in [-0.15, -0.1) is 11.8 Å². The largest absolute Gasteiger partial charge is 0.352 e. The number of hydrogen-bond acceptors (Lipinski definition) is 3. The molecule has 0 aliphatic rings. The second-order valence-corrected chi connectivity index (χ2v) is 8.06. The van der Waals surface area contributed by atoms with Crippen molar-refractivity contribution in [1.29, 1.82) is 0 Å². The Morgan fingerprint density at radius 1 is 0.964 bits per heavy atom. The zero-order chi connectivity index (χ0) is 20.4. The van der Waals surface area contributed by atoms with Gasteiger partial charge >= 0.3 is 0 Å². The van der Waals surface area contributed by atoms with Crippen molar-refractivity contribution in [2.24, 2.45) is 0 Å². The molecule has 2 rings (SSSR count). The van der Waals surface area contributed by atoms with Gasteiger partial charge in [0.1, 0.15) is 6.04 Å². The standard InChI is InChI=1S/C23H30N2O2S/c1-4-21(23(27)24-18(2)3)25(15-19-11-7-5-8-12-19)22(26)17-28-16-20-13-9-6-10-14-20/h5-14,18,21H,4,15-17H2,1-3H3,(H,24,27)/t21-/m1/s1. The van der Waals surface area contributed by atoms with Crippen LogP contribution in [0.4, 0.5) is 0 Å². The minimum atomic E-state index is -0.465. The number of thioether (sulfide) groups is 1. The van der Waals surface area contributed by atoms with Crippen molar-refractivity contribution in [1.82, 2.24) is 10.2 Å². The van der Waals surface area contributed by atoms with Crippen molar-refractivity contribution in [3.8, 4) is 0 Å². The minimum Gasteiger partial charge on any atom is -0.352 e. The number of carbonyl (C=O) groups excluding carboxylic acids is 2. The molecule has 0 unspecified atom stereocenters. The number of hydrogen-bond donors (Lipinski definition) is 1. The van der Waals surface area contributed by atoms with E-state index in [1.165, 1.54) is 5.56 Å². The number of nitrogens with one attached hydrogen (secondary N) is 1. The van der Waals surface area contributed by atoms with Gasteiger partial charge in [0, 0.05) is 18.3 Å². The minimum absolute atomic E-state index is 0.00413. The molecule has 2 amide bonds. The molecule has 2 aromatic carbocycles. The molecule has 1 atom stereocenters. The van der Waals surface area contributed by atoms with Gasteiger partial charge in [-0.05, 0) is 31.4 Å². The van der Waals surface area contributed by atoms with Gasteiger partial charge in [-0.2, -0.15) is 0 Å². The average molecular weight is 399 g/mol. The van der Waals surface area contributed by atoms with Gasteiger partial charge in [-0.3, -0.25) is 9.59 Å². The molecule has 0 spiro atoms. The van der Waals surface area contributed by atoms with Crippen molar-refractivity contribution < 1.29 is 9.59 Å². The summed E-state index contributed by atoms with van der Waals surface area (Å²) >= 11 is 1.58. The van der Waals surface area contributed by atoms with Crippen LogP contribution in [0.5, 0.6) is 0 Å². The molecule has 0 fully saturated rings. The Kier molecular flexibility index (Phi) is 9.08. The van der Waals surface area contributed by atoms with Gasteiger partial charge in [-0.1, -0.05) is 67.6 Å². The van der Waals surface area contributed by atoms with Crippen LogP contribution in [0.2, 0.25) is 0 Å². The van der Waals surface area contributed by atoms with Crippen molar-refractivity contribution in [2.45, 2.75) is 51.6 Å². The third kappa shape index (κ3) is 7.04. The fourth-order valence-corrected chi connectivity index (χ4v) is 3.86. The van der Waals surface area contributed by atoms with Gasteiger partial charge in [-0.25, -0.2) is 0 Å². The predicted molar refractivity (Wildman–Crippen MR) is 117 cm³/mol. The quantitative estimate of drug-likeness (QED) is 0.651. The average Bonchev–Trinajstić information content (AvgIpc) is 2.69. The monoisotopic (exact) mass is 398 g/mol. The first-order valence-corrected chi connectivity index (χ1v) is 10.9. The van der Waals surface area contributed by atoms with Crippen LogP contribution in [0.1, 0.15) is 38.3 Å². The first-order valence-electron chi connectivity index (χ1n) is 9.76. The first-order chi connectivity index (χ1) is 13.5. The maximum Gasteiger partial charge on any atom is 0.243 e. The first kappa shape index (κ1) is 22.0. The van der Waals surface area contributed by atoms with Gasteiger partial charge in [0.05, 0.1) is 5.75 Å². The molecule has 0 saturated carbocycles. The molecule has 0 aliphatic heterocycles. The Morgan fingerprint density at radius 3 is 2.07 bits per heavy atom. The number of amides is 2. The molecular weight excluding hydrogens is 368 g/mol. The second-order valence-electron chi connectivity index (χ2n) is 7.07. The van der Waals surface area contributed by atoms with E-state index < -0.39 is 6.04 Å². The highest BCUT2D eigenvalue weighted by Gasteiger charge is 2.28. The lowest BCUT2D eigenvalue weighted by molar-refractivity contribution is -0.139. The lowest BCUT2D eigenvalue weighted by Gasteiger charge is -2.31. The van der Waals surface area contributed by atoms with Crippen molar-refractivity contribution in [3.05, 3.63) is 71.8 Å². The van der Waals surface area contributed by atoms with Gasteiger partial charge < -0.3 is 10.2 Å². The van der Waals surface area contributed by atoms with E-state index in [4.69, 9.17) is 0 Å². The van der Waals surface area contributed by atoms with Crippen molar-refractivity contribution in [2.75, 3.05) is 5.75 Å². The fourth-order valence-electron chi connectivity index (χ4n) is 2.99. The Morgan fingerprint density at radius 2 is 1.54 bits per heavy atom. The van der Waals surface area contributed by atoms with E-state index in [0.717, 1.165) is 11.3 Å². The van der Waals surface area contributed by atoms with E-state index in [-0.39, 0.29) is 17.9 Å². The van der Waals surface area contributed by atoms with Gasteiger partial charge in [0.25, 0.3) is 0 Å². The smallest absolute Gasteiger partial charge is 0.243 e. The van der Waals surface area contributed by atoms with Crippen LogP contribution in [0.15, 0.2) is 60.7 Å². The molecule has 0 radical (unpaired) electrons. The van der Waals surface area contributed by atoms with Crippen LogP contribution < -0.4 is 5.32 Å². The Balaban J connectivity index is 2.09. The zero-order valence-corrected chi connectivity index (χ0v) is 17.7. The fraction of sp³-hybridized carbons (Fsp3) is 0.391. The highest BCUT2D eigenvalue weighted by Crippen LogP contribution is 2.17. The van der Waals surface area contributed by atoms with Crippen LogP contribution in [-0.4, -0.2) is 34.6 Å². The van der Waals surface area contributed by atoms with Crippen LogP contribution >= 0.6 is 11.8 Å². The predicted octanol–water partition coefficient (Wildman–Crippen LogP) is 4.25. The van der Waals surface area contributed by atoms with Crippen LogP contribution in [0.25, 0.3) is 0 Å². The molecule has 28 heavy (non-hydrogen) atoms. The summed E-state index contributed by atoms with van der Waals surface area (Å²) < 4.78 is 0. The van der Waals surface area contributed by atoms with E-state index in [2.05, 4.69) is 17.4 Å². The Labute approximate surface area is 172 Å². The number of carbonyl (C=O) groups is 2. The van der Waals surface area contributed by atoms with E-state index in [1.54, 1.807) is 16.7 Å². The summed E-state index contributed by atoms with van der Waals surface area (Å²) in [7, 11) is 0. The summed E-state index contributed by atoms with van der Waals surface area (Å²) in [6.07, 6.45) is 0.584. The molecule has 1 N–H and O–H groups in total. The third-order valence-corrected chi connectivity index (χ3v) is 5.34.